The second-order valence-electron chi connectivity index (χ2n) is 5.08. The van der Waals surface area contributed by atoms with Crippen LogP contribution in [0, 0.1) is 11.6 Å². The molecule has 1 heterocycles. The van der Waals surface area contributed by atoms with Crippen LogP contribution in [0.3, 0.4) is 0 Å². The maximum absolute atomic E-state index is 13.2. The van der Waals surface area contributed by atoms with Crippen molar-refractivity contribution in [2.24, 2.45) is 0 Å². The van der Waals surface area contributed by atoms with Crippen molar-refractivity contribution in [3.63, 3.8) is 0 Å². The molecule has 0 bridgehead atoms. The van der Waals surface area contributed by atoms with Crippen molar-refractivity contribution in [2.45, 2.75) is 6.54 Å². The zero-order valence-electron chi connectivity index (χ0n) is 12.3. The Hall–Kier alpha value is -2.73. The van der Waals surface area contributed by atoms with Gasteiger partial charge >= 0.3 is 0 Å². The van der Waals surface area contributed by atoms with Gasteiger partial charge in [-0.15, -0.1) is 0 Å². The van der Waals surface area contributed by atoms with Crippen molar-refractivity contribution >= 4 is 23.3 Å². The van der Waals surface area contributed by atoms with Crippen LogP contribution in [0.4, 0.5) is 14.6 Å². The molecule has 0 saturated carbocycles. The summed E-state index contributed by atoms with van der Waals surface area (Å²) >= 11 is 5.85. The highest BCUT2D eigenvalue weighted by Gasteiger charge is 2.12. The van der Waals surface area contributed by atoms with Gasteiger partial charge in [0.25, 0.3) is 5.91 Å². The number of hydrogen-bond acceptors (Lipinski definition) is 2. The number of anilines is 1. The molecule has 0 unspecified atom stereocenters. The van der Waals surface area contributed by atoms with Crippen molar-refractivity contribution < 1.29 is 13.6 Å². The van der Waals surface area contributed by atoms with Gasteiger partial charge in [-0.3, -0.25) is 4.79 Å². The van der Waals surface area contributed by atoms with E-state index in [1.807, 2.05) is 12.1 Å². The first-order valence-corrected chi connectivity index (χ1v) is 7.43. The lowest BCUT2D eigenvalue weighted by Gasteiger charge is -2.09. The summed E-state index contributed by atoms with van der Waals surface area (Å²) in [5, 5.41) is 7.41. The van der Waals surface area contributed by atoms with E-state index in [1.54, 1.807) is 22.9 Å². The molecule has 122 valence electrons. The number of rotatable bonds is 4. The number of carbonyl (C=O) groups is 1. The van der Waals surface area contributed by atoms with E-state index in [0.717, 1.165) is 17.7 Å². The Kier molecular flexibility index (Phi) is 4.57. The summed E-state index contributed by atoms with van der Waals surface area (Å²) in [7, 11) is 0. The van der Waals surface area contributed by atoms with Crippen LogP contribution >= 0.6 is 11.6 Å². The monoisotopic (exact) mass is 347 g/mol. The van der Waals surface area contributed by atoms with Gasteiger partial charge in [-0.25, -0.2) is 13.5 Å². The third-order valence-corrected chi connectivity index (χ3v) is 3.64. The Labute approximate surface area is 141 Å². The molecule has 7 heteroatoms. The molecule has 0 saturated heterocycles. The average Bonchev–Trinajstić information content (AvgIpc) is 2.99. The SMILES string of the molecule is O=C(Nc1ccnn1Cc1ccc(Cl)cc1)c1ccc(F)c(F)c1. The fraction of sp³-hybridized carbons (Fsp3) is 0.0588. The Balaban J connectivity index is 1.76. The van der Waals surface area contributed by atoms with Crippen molar-refractivity contribution in [1.82, 2.24) is 9.78 Å². The second kappa shape index (κ2) is 6.80. The largest absolute Gasteiger partial charge is 0.307 e. The first kappa shape index (κ1) is 16.1. The average molecular weight is 348 g/mol. The number of halogens is 3. The van der Waals surface area contributed by atoms with E-state index in [2.05, 4.69) is 10.4 Å². The number of benzene rings is 2. The zero-order chi connectivity index (χ0) is 17.1. The molecule has 0 aliphatic rings. The van der Waals surface area contributed by atoms with E-state index in [-0.39, 0.29) is 5.56 Å². The normalized spacial score (nSPS) is 10.6. The van der Waals surface area contributed by atoms with Gasteiger partial charge in [0.05, 0.1) is 12.7 Å². The third-order valence-electron chi connectivity index (χ3n) is 3.39. The summed E-state index contributed by atoms with van der Waals surface area (Å²) in [6, 6.07) is 11.8. The van der Waals surface area contributed by atoms with Crippen LogP contribution in [0.25, 0.3) is 0 Å². The molecule has 0 aliphatic heterocycles. The number of aromatic nitrogens is 2. The van der Waals surface area contributed by atoms with Gasteiger partial charge in [0, 0.05) is 16.7 Å². The molecule has 3 aromatic rings. The van der Waals surface area contributed by atoms with Gasteiger partial charge in [0.15, 0.2) is 11.6 Å². The molecular weight excluding hydrogens is 336 g/mol. The molecule has 1 amide bonds. The van der Waals surface area contributed by atoms with E-state index in [1.165, 1.54) is 12.3 Å². The molecule has 2 aromatic carbocycles. The van der Waals surface area contributed by atoms with Crippen molar-refractivity contribution in [1.29, 1.82) is 0 Å². The zero-order valence-corrected chi connectivity index (χ0v) is 13.1. The quantitative estimate of drug-likeness (QED) is 0.772. The smallest absolute Gasteiger partial charge is 0.256 e. The Morgan fingerprint density at radius 3 is 2.54 bits per heavy atom. The highest BCUT2D eigenvalue weighted by Crippen LogP contribution is 2.15. The molecule has 1 aromatic heterocycles. The second-order valence-corrected chi connectivity index (χ2v) is 5.52. The van der Waals surface area contributed by atoms with Gasteiger partial charge in [-0.05, 0) is 35.9 Å². The van der Waals surface area contributed by atoms with Gasteiger partial charge in [0.1, 0.15) is 5.82 Å². The van der Waals surface area contributed by atoms with Crippen LogP contribution < -0.4 is 5.32 Å². The minimum atomic E-state index is -1.07. The first-order chi connectivity index (χ1) is 11.5. The Bertz CT molecular complexity index is 878. The van der Waals surface area contributed by atoms with Crippen molar-refractivity contribution in [3.8, 4) is 0 Å². The van der Waals surface area contributed by atoms with Crippen molar-refractivity contribution in [3.05, 3.63) is 82.5 Å². The van der Waals surface area contributed by atoms with Crippen LogP contribution in [0.15, 0.2) is 54.7 Å². The topological polar surface area (TPSA) is 46.9 Å². The maximum Gasteiger partial charge on any atom is 0.256 e. The summed E-state index contributed by atoms with van der Waals surface area (Å²) in [6.45, 7) is 0.428. The lowest BCUT2D eigenvalue weighted by atomic mass is 10.2. The summed E-state index contributed by atoms with van der Waals surface area (Å²) in [6.07, 6.45) is 1.54. The minimum absolute atomic E-state index is 0.0214. The highest BCUT2D eigenvalue weighted by molar-refractivity contribution is 6.30. The van der Waals surface area contributed by atoms with E-state index < -0.39 is 17.5 Å². The molecule has 0 radical (unpaired) electrons. The fourth-order valence-electron chi connectivity index (χ4n) is 2.15. The van der Waals surface area contributed by atoms with E-state index in [0.29, 0.717) is 17.4 Å². The number of carbonyl (C=O) groups excluding carboxylic acids is 1. The molecule has 3 rings (SSSR count). The Morgan fingerprint density at radius 1 is 1.08 bits per heavy atom. The van der Waals surface area contributed by atoms with Crippen LogP contribution in [0.5, 0.6) is 0 Å². The van der Waals surface area contributed by atoms with Crippen LogP contribution in [0.2, 0.25) is 5.02 Å². The predicted molar refractivity (Wildman–Crippen MR) is 87.1 cm³/mol. The molecule has 0 aliphatic carbocycles. The molecule has 0 fully saturated rings. The minimum Gasteiger partial charge on any atom is -0.307 e. The van der Waals surface area contributed by atoms with Gasteiger partial charge in [-0.2, -0.15) is 5.10 Å². The number of nitrogens with one attached hydrogen (secondary N) is 1. The van der Waals surface area contributed by atoms with E-state index in [9.17, 15) is 13.6 Å². The van der Waals surface area contributed by atoms with Crippen LogP contribution in [0.1, 0.15) is 15.9 Å². The predicted octanol–water partition coefficient (Wildman–Crippen LogP) is 4.12. The molecule has 4 nitrogen and oxygen atoms in total. The molecular formula is C17H12ClF2N3O. The number of hydrogen-bond donors (Lipinski definition) is 1. The summed E-state index contributed by atoms with van der Waals surface area (Å²) < 4.78 is 27.8. The maximum atomic E-state index is 13.2. The fourth-order valence-corrected chi connectivity index (χ4v) is 2.28. The molecule has 0 atom stereocenters. The number of nitrogens with zero attached hydrogens (tertiary/aromatic N) is 2. The first-order valence-electron chi connectivity index (χ1n) is 7.05. The van der Waals surface area contributed by atoms with Crippen LogP contribution in [-0.2, 0) is 6.54 Å². The van der Waals surface area contributed by atoms with Gasteiger partial charge in [0.2, 0.25) is 0 Å². The highest BCUT2D eigenvalue weighted by atomic mass is 35.5. The summed E-state index contributed by atoms with van der Waals surface area (Å²) in [5.41, 5.74) is 0.972. The molecule has 0 spiro atoms. The van der Waals surface area contributed by atoms with Gasteiger partial charge in [-0.1, -0.05) is 23.7 Å². The lowest BCUT2D eigenvalue weighted by molar-refractivity contribution is 0.102. The summed E-state index contributed by atoms with van der Waals surface area (Å²) in [5.74, 6) is -2.18. The van der Waals surface area contributed by atoms with E-state index >= 15 is 0 Å². The molecule has 24 heavy (non-hydrogen) atoms. The standard InChI is InChI=1S/C17H12ClF2N3O/c18-13-4-1-11(2-5-13)10-23-16(7-8-21-23)22-17(24)12-3-6-14(19)15(20)9-12/h1-9H,10H2,(H,22,24). The van der Waals surface area contributed by atoms with Crippen molar-refractivity contribution in [2.75, 3.05) is 5.32 Å². The van der Waals surface area contributed by atoms with E-state index in [4.69, 9.17) is 11.6 Å². The molecule has 1 N–H and O–H groups in total. The third kappa shape index (κ3) is 3.60. The summed E-state index contributed by atoms with van der Waals surface area (Å²) in [4.78, 5) is 12.2. The van der Waals surface area contributed by atoms with Crippen LogP contribution in [-0.4, -0.2) is 15.7 Å². The Morgan fingerprint density at radius 2 is 1.83 bits per heavy atom. The lowest BCUT2D eigenvalue weighted by Crippen LogP contribution is -2.16. The number of amides is 1. The van der Waals surface area contributed by atoms with Gasteiger partial charge < -0.3 is 5.32 Å².